The van der Waals surface area contributed by atoms with E-state index in [-0.39, 0.29) is 24.4 Å². The third-order valence-corrected chi connectivity index (χ3v) is 2.54. The number of carbonyl (C=O) groups excluding carboxylic acids is 2. The van der Waals surface area contributed by atoms with Gasteiger partial charge in [0.1, 0.15) is 6.42 Å². The van der Waals surface area contributed by atoms with Gasteiger partial charge < -0.3 is 9.47 Å². The second-order valence-corrected chi connectivity index (χ2v) is 4.47. The summed E-state index contributed by atoms with van der Waals surface area (Å²) >= 11 is 0. The molecule has 0 saturated carbocycles. The Balaban J connectivity index is 2.32. The fourth-order valence-electron chi connectivity index (χ4n) is 2.09. The molecule has 0 bridgehead atoms. The predicted molar refractivity (Wildman–Crippen MR) is 62.7 cm³/mol. The molecule has 5 nitrogen and oxygen atoms in total. The highest BCUT2D eigenvalue weighted by Gasteiger charge is 2.24. The molecule has 5 heteroatoms. The van der Waals surface area contributed by atoms with E-state index in [2.05, 4.69) is 0 Å². The van der Waals surface area contributed by atoms with Crippen LogP contribution in [-0.4, -0.2) is 55.1 Å². The first kappa shape index (κ1) is 14.1. The lowest BCUT2D eigenvalue weighted by atomic mass is 10.2. The van der Waals surface area contributed by atoms with Crippen LogP contribution in [-0.2, 0) is 19.1 Å². The van der Waals surface area contributed by atoms with Gasteiger partial charge in [-0.25, -0.2) is 0 Å². The molecule has 0 spiro atoms. The minimum Gasteiger partial charge on any atom is -0.466 e. The van der Waals surface area contributed by atoms with Crippen LogP contribution in [0.5, 0.6) is 0 Å². The van der Waals surface area contributed by atoms with Crippen molar-refractivity contribution in [3.63, 3.8) is 0 Å². The summed E-state index contributed by atoms with van der Waals surface area (Å²) < 4.78 is 10.3. The van der Waals surface area contributed by atoms with Crippen LogP contribution in [0.4, 0.5) is 0 Å². The number of hydrogen-bond acceptors (Lipinski definition) is 5. The quantitative estimate of drug-likeness (QED) is 0.523. The molecule has 0 aromatic heterocycles. The SMILES string of the molecule is CCOC(=O)CC(=O)CN1CC(C)OC(C)C1. The Bertz CT molecular complexity index is 270. The Morgan fingerprint density at radius 3 is 2.41 bits per heavy atom. The van der Waals surface area contributed by atoms with Crippen LogP contribution < -0.4 is 0 Å². The summed E-state index contributed by atoms with van der Waals surface area (Å²) in [6.07, 6.45) is 0.136. The maximum atomic E-state index is 11.6. The summed E-state index contributed by atoms with van der Waals surface area (Å²) in [6.45, 7) is 7.79. The van der Waals surface area contributed by atoms with Crippen LogP contribution in [0.15, 0.2) is 0 Å². The molecule has 0 aromatic carbocycles. The van der Waals surface area contributed by atoms with Gasteiger partial charge >= 0.3 is 5.97 Å². The van der Waals surface area contributed by atoms with E-state index in [1.54, 1.807) is 6.92 Å². The maximum Gasteiger partial charge on any atom is 0.313 e. The molecule has 17 heavy (non-hydrogen) atoms. The second-order valence-electron chi connectivity index (χ2n) is 4.47. The first-order valence-electron chi connectivity index (χ1n) is 6.06. The lowest BCUT2D eigenvalue weighted by Crippen LogP contribution is -2.47. The Labute approximate surface area is 102 Å². The highest BCUT2D eigenvalue weighted by Crippen LogP contribution is 2.10. The van der Waals surface area contributed by atoms with Gasteiger partial charge in [0.05, 0.1) is 25.4 Å². The molecule has 0 N–H and O–H groups in total. The number of ketones is 1. The smallest absolute Gasteiger partial charge is 0.313 e. The summed E-state index contributed by atoms with van der Waals surface area (Å²) in [5.74, 6) is -0.531. The van der Waals surface area contributed by atoms with Crippen LogP contribution in [0.3, 0.4) is 0 Å². The fourth-order valence-corrected chi connectivity index (χ4v) is 2.09. The topological polar surface area (TPSA) is 55.8 Å². The minimum absolute atomic E-state index is 0.0928. The van der Waals surface area contributed by atoms with Crippen molar-refractivity contribution in [1.29, 1.82) is 0 Å². The molecule has 0 aromatic rings. The predicted octanol–water partition coefficient (Wildman–Crippen LogP) is 0.618. The zero-order valence-corrected chi connectivity index (χ0v) is 10.8. The van der Waals surface area contributed by atoms with Crippen molar-refractivity contribution in [2.45, 2.75) is 39.4 Å². The molecule has 0 amide bonds. The Kier molecular flexibility index (Phi) is 5.58. The van der Waals surface area contributed by atoms with Gasteiger partial charge in [-0.1, -0.05) is 0 Å². The molecule has 1 rings (SSSR count). The van der Waals surface area contributed by atoms with E-state index >= 15 is 0 Å². The van der Waals surface area contributed by atoms with Crippen LogP contribution in [0.25, 0.3) is 0 Å². The average molecular weight is 243 g/mol. The van der Waals surface area contributed by atoms with Gasteiger partial charge in [0, 0.05) is 13.1 Å². The summed E-state index contributed by atoms with van der Waals surface area (Å²) in [5, 5.41) is 0. The van der Waals surface area contributed by atoms with Gasteiger partial charge in [-0.3, -0.25) is 14.5 Å². The van der Waals surface area contributed by atoms with Gasteiger partial charge in [-0.05, 0) is 20.8 Å². The van der Waals surface area contributed by atoms with Crippen LogP contribution in [0.2, 0.25) is 0 Å². The normalized spacial score (nSPS) is 25.6. The highest BCUT2D eigenvalue weighted by atomic mass is 16.5. The lowest BCUT2D eigenvalue weighted by molar-refractivity contribution is -0.146. The van der Waals surface area contributed by atoms with Crippen molar-refractivity contribution in [2.24, 2.45) is 0 Å². The van der Waals surface area contributed by atoms with Gasteiger partial charge in [0.2, 0.25) is 0 Å². The van der Waals surface area contributed by atoms with Crippen LogP contribution in [0, 0.1) is 0 Å². The summed E-state index contributed by atoms with van der Waals surface area (Å²) in [7, 11) is 0. The number of morpholine rings is 1. The van der Waals surface area contributed by atoms with Crippen molar-refractivity contribution >= 4 is 11.8 Å². The highest BCUT2D eigenvalue weighted by molar-refractivity contribution is 5.96. The Morgan fingerprint density at radius 1 is 1.29 bits per heavy atom. The zero-order chi connectivity index (χ0) is 12.8. The number of rotatable bonds is 5. The zero-order valence-electron chi connectivity index (χ0n) is 10.8. The van der Waals surface area contributed by atoms with Crippen LogP contribution >= 0.6 is 0 Å². The summed E-state index contributed by atoms with van der Waals surface area (Å²) in [4.78, 5) is 24.8. The third kappa shape index (κ3) is 5.28. The maximum absolute atomic E-state index is 11.6. The molecule has 2 unspecified atom stereocenters. The third-order valence-electron chi connectivity index (χ3n) is 2.54. The average Bonchev–Trinajstić information content (AvgIpc) is 2.14. The first-order valence-corrected chi connectivity index (χ1v) is 6.06. The van der Waals surface area contributed by atoms with Crippen molar-refractivity contribution in [1.82, 2.24) is 4.90 Å². The van der Waals surface area contributed by atoms with E-state index in [1.165, 1.54) is 0 Å². The van der Waals surface area contributed by atoms with E-state index < -0.39 is 5.97 Å². The number of hydrogen-bond donors (Lipinski definition) is 0. The molecule has 1 heterocycles. The number of esters is 1. The molecule has 1 saturated heterocycles. The molecule has 98 valence electrons. The van der Waals surface area contributed by atoms with Crippen molar-refractivity contribution in [3.05, 3.63) is 0 Å². The van der Waals surface area contributed by atoms with Crippen LogP contribution in [0.1, 0.15) is 27.2 Å². The standard InChI is InChI=1S/C12H21NO4/c1-4-16-12(15)5-11(14)8-13-6-9(2)17-10(3)7-13/h9-10H,4-8H2,1-3H3. The molecule has 0 radical (unpaired) electrons. The summed E-state index contributed by atoms with van der Waals surface area (Å²) in [6, 6.07) is 0. The van der Waals surface area contributed by atoms with Crippen molar-refractivity contribution in [2.75, 3.05) is 26.2 Å². The van der Waals surface area contributed by atoms with Gasteiger partial charge in [0.15, 0.2) is 5.78 Å². The number of Topliss-reactive ketones (excluding diaryl/α,β-unsaturated/α-hetero) is 1. The van der Waals surface area contributed by atoms with Crippen molar-refractivity contribution in [3.8, 4) is 0 Å². The molecule has 1 aliphatic heterocycles. The number of ether oxygens (including phenoxy) is 2. The minimum atomic E-state index is -0.438. The van der Waals surface area contributed by atoms with Gasteiger partial charge in [-0.15, -0.1) is 0 Å². The molecular weight excluding hydrogens is 222 g/mol. The Hall–Kier alpha value is -0.940. The van der Waals surface area contributed by atoms with E-state index in [9.17, 15) is 9.59 Å². The summed E-state index contributed by atoms with van der Waals surface area (Å²) in [5.41, 5.74) is 0. The van der Waals surface area contributed by atoms with Crippen molar-refractivity contribution < 1.29 is 19.1 Å². The molecular formula is C12H21NO4. The number of nitrogens with zero attached hydrogens (tertiary/aromatic N) is 1. The molecule has 0 aliphatic carbocycles. The largest absolute Gasteiger partial charge is 0.466 e. The second kappa shape index (κ2) is 6.71. The molecule has 1 fully saturated rings. The monoisotopic (exact) mass is 243 g/mol. The van der Waals surface area contributed by atoms with E-state index in [0.717, 1.165) is 13.1 Å². The van der Waals surface area contributed by atoms with Gasteiger partial charge in [-0.2, -0.15) is 0 Å². The first-order chi connectivity index (χ1) is 8.01. The molecule has 2 atom stereocenters. The number of carbonyl (C=O) groups is 2. The van der Waals surface area contributed by atoms with E-state index in [0.29, 0.717) is 13.2 Å². The lowest BCUT2D eigenvalue weighted by Gasteiger charge is -2.34. The van der Waals surface area contributed by atoms with Gasteiger partial charge in [0.25, 0.3) is 0 Å². The molecule has 1 aliphatic rings. The fraction of sp³-hybridized carbons (Fsp3) is 0.833. The van der Waals surface area contributed by atoms with E-state index in [1.807, 2.05) is 18.7 Å². The van der Waals surface area contributed by atoms with E-state index in [4.69, 9.17) is 9.47 Å². The Morgan fingerprint density at radius 2 is 1.88 bits per heavy atom.